The number of guanidine groups is 1. The molecule has 0 heterocycles. The lowest BCUT2D eigenvalue weighted by Crippen LogP contribution is -2.44. The van der Waals surface area contributed by atoms with Gasteiger partial charge in [-0.1, -0.05) is 13.8 Å². The topological polar surface area (TPSA) is 45.7 Å². The van der Waals surface area contributed by atoms with E-state index in [1.807, 2.05) is 0 Å². The molecule has 4 nitrogen and oxygen atoms in total. The third-order valence-electron chi connectivity index (χ3n) is 1.76. The van der Waals surface area contributed by atoms with Crippen molar-refractivity contribution in [3.05, 3.63) is 0 Å². The molecule has 4 heteroatoms. The van der Waals surface area contributed by atoms with E-state index in [-0.39, 0.29) is 6.04 Å². The second kappa shape index (κ2) is 8.53. The van der Waals surface area contributed by atoms with E-state index in [4.69, 9.17) is 4.74 Å². The van der Waals surface area contributed by atoms with E-state index in [0.29, 0.717) is 12.5 Å². The summed E-state index contributed by atoms with van der Waals surface area (Å²) in [7, 11) is 1.70. The molecule has 0 saturated carbocycles. The summed E-state index contributed by atoms with van der Waals surface area (Å²) in [6.07, 6.45) is 0. The zero-order chi connectivity index (χ0) is 11.7. The summed E-state index contributed by atoms with van der Waals surface area (Å²) in [4.78, 5) is 4.47. The Morgan fingerprint density at radius 1 is 1.33 bits per heavy atom. The van der Waals surface area contributed by atoms with Crippen molar-refractivity contribution in [3.63, 3.8) is 0 Å². The Morgan fingerprint density at radius 2 is 2.00 bits per heavy atom. The van der Waals surface area contributed by atoms with E-state index in [9.17, 15) is 0 Å². The molecule has 0 spiro atoms. The Hall–Kier alpha value is -0.770. The van der Waals surface area contributed by atoms with Gasteiger partial charge in [-0.15, -0.1) is 0 Å². The van der Waals surface area contributed by atoms with Gasteiger partial charge >= 0.3 is 0 Å². The molecule has 0 aromatic rings. The van der Waals surface area contributed by atoms with Crippen LogP contribution in [0.4, 0.5) is 0 Å². The monoisotopic (exact) mass is 215 g/mol. The van der Waals surface area contributed by atoms with Gasteiger partial charge in [0.25, 0.3) is 0 Å². The van der Waals surface area contributed by atoms with Gasteiger partial charge in [-0.25, -0.2) is 0 Å². The molecule has 1 atom stereocenters. The average molecular weight is 215 g/mol. The minimum Gasteiger partial charge on any atom is -0.383 e. The van der Waals surface area contributed by atoms with E-state index in [2.05, 4.69) is 43.3 Å². The fourth-order valence-corrected chi connectivity index (χ4v) is 1.12. The first kappa shape index (κ1) is 14.2. The number of hydrogen-bond donors (Lipinski definition) is 2. The molecule has 0 amide bonds. The number of rotatable bonds is 6. The maximum Gasteiger partial charge on any atom is 0.191 e. The van der Waals surface area contributed by atoms with Gasteiger partial charge < -0.3 is 15.4 Å². The second-order valence-electron chi connectivity index (χ2n) is 4.11. The first-order valence-electron chi connectivity index (χ1n) is 5.63. The van der Waals surface area contributed by atoms with Gasteiger partial charge in [0, 0.05) is 26.2 Å². The number of nitrogens with zero attached hydrogens (tertiary/aromatic N) is 1. The molecule has 0 saturated heterocycles. The standard InChI is InChI=1S/C11H25N3O/c1-6-12-11(13-7-9(2)3)14-10(4)8-15-5/h9-10H,6-8H2,1-5H3,(H2,12,13,14). The highest BCUT2D eigenvalue weighted by atomic mass is 16.5. The molecule has 0 aromatic carbocycles. The normalized spacial score (nSPS) is 14.1. The van der Waals surface area contributed by atoms with Gasteiger partial charge in [-0.2, -0.15) is 0 Å². The molecule has 2 N–H and O–H groups in total. The molecule has 0 aromatic heterocycles. The van der Waals surface area contributed by atoms with Crippen LogP contribution < -0.4 is 10.6 Å². The summed E-state index contributed by atoms with van der Waals surface area (Å²) in [6.45, 7) is 10.9. The van der Waals surface area contributed by atoms with Crippen LogP contribution in [0, 0.1) is 5.92 Å². The van der Waals surface area contributed by atoms with Crippen molar-refractivity contribution in [1.82, 2.24) is 10.6 Å². The molecule has 0 rings (SSSR count). The fraction of sp³-hybridized carbons (Fsp3) is 0.909. The molecule has 0 aliphatic heterocycles. The van der Waals surface area contributed by atoms with Crippen molar-refractivity contribution in [2.24, 2.45) is 10.9 Å². The molecule has 0 aliphatic rings. The fourth-order valence-electron chi connectivity index (χ4n) is 1.12. The number of nitrogens with one attached hydrogen (secondary N) is 2. The Balaban J connectivity index is 4.07. The summed E-state index contributed by atoms with van der Waals surface area (Å²) in [5.41, 5.74) is 0. The Labute approximate surface area is 93.5 Å². The molecule has 0 fully saturated rings. The molecule has 15 heavy (non-hydrogen) atoms. The Kier molecular flexibility index (Phi) is 8.09. The third kappa shape index (κ3) is 8.24. The van der Waals surface area contributed by atoms with Crippen LogP contribution >= 0.6 is 0 Å². The number of hydrogen-bond acceptors (Lipinski definition) is 2. The summed E-state index contributed by atoms with van der Waals surface area (Å²) in [6, 6.07) is 0.278. The van der Waals surface area contributed by atoms with E-state index in [1.54, 1.807) is 7.11 Å². The highest BCUT2D eigenvalue weighted by molar-refractivity contribution is 5.80. The molecule has 0 bridgehead atoms. The van der Waals surface area contributed by atoms with Crippen LogP contribution in [-0.2, 0) is 4.74 Å². The van der Waals surface area contributed by atoms with Gasteiger partial charge in [0.1, 0.15) is 0 Å². The zero-order valence-electron chi connectivity index (χ0n) is 10.6. The van der Waals surface area contributed by atoms with Gasteiger partial charge in [0.05, 0.1) is 6.61 Å². The Morgan fingerprint density at radius 3 is 2.47 bits per heavy atom. The highest BCUT2D eigenvalue weighted by Crippen LogP contribution is 1.92. The highest BCUT2D eigenvalue weighted by Gasteiger charge is 2.04. The van der Waals surface area contributed by atoms with Crippen LogP contribution in [0.15, 0.2) is 4.99 Å². The van der Waals surface area contributed by atoms with Crippen LogP contribution in [0.3, 0.4) is 0 Å². The van der Waals surface area contributed by atoms with Crippen molar-refractivity contribution < 1.29 is 4.74 Å². The quantitative estimate of drug-likeness (QED) is 0.517. The molecule has 90 valence electrons. The van der Waals surface area contributed by atoms with Crippen LogP contribution in [0.2, 0.25) is 0 Å². The lowest BCUT2D eigenvalue weighted by atomic mass is 10.2. The van der Waals surface area contributed by atoms with Crippen LogP contribution in [0.1, 0.15) is 27.7 Å². The molecular formula is C11H25N3O. The number of aliphatic imine (C=N–C) groups is 1. The number of methoxy groups -OCH3 is 1. The first-order chi connectivity index (χ1) is 7.10. The first-order valence-corrected chi connectivity index (χ1v) is 5.63. The van der Waals surface area contributed by atoms with E-state index in [0.717, 1.165) is 19.0 Å². The molecule has 0 aliphatic carbocycles. The number of ether oxygens (including phenoxy) is 1. The van der Waals surface area contributed by atoms with Gasteiger partial charge in [-0.05, 0) is 19.8 Å². The predicted octanol–water partition coefficient (Wildman–Crippen LogP) is 1.23. The predicted molar refractivity (Wildman–Crippen MR) is 65.3 cm³/mol. The van der Waals surface area contributed by atoms with Gasteiger partial charge in [-0.3, -0.25) is 4.99 Å². The molecule has 0 radical (unpaired) electrons. The van der Waals surface area contributed by atoms with Crippen molar-refractivity contribution in [3.8, 4) is 0 Å². The largest absolute Gasteiger partial charge is 0.383 e. The maximum absolute atomic E-state index is 5.06. The smallest absolute Gasteiger partial charge is 0.191 e. The lowest BCUT2D eigenvalue weighted by Gasteiger charge is -2.17. The molecular weight excluding hydrogens is 190 g/mol. The van der Waals surface area contributed by atoms with Crippen LogP contribution in [0.25, 0.3) is 0 Å². The van der Waals surface area contributed by atoms with Crippen LogP contribution in [-0.4, -0.2) is 38.8 Å². The minimum atomic E-state index is 0.278. The van der Waals surface area contributed by atoms with Crippen molar-refractivity contribution in [1.29, 1.82) is 0 Å². The Bertz CT molecular complexity index is 181. The molecule has 1 unspecified atom stereocenters. The van der Waals surface area contributed by atoms with Crippen molar-refractivity contribution in [2.75, 3.05) is 26.8 Å². The van der Waals surface area contributed by atoms with Gasteiger partial charge in [0.2, 0.25) is 0 Å². The van der Waals surface area contributed by atoms with Crippen molar-refractivity contribution in [2.45, 2.75) is 33.7 Å². The maximum atomic E-state index is 5.06. The summed E-state index contributed by atoms with van der Waals surface area (Å²) >= 11 is 0. The third-order valence-corrected chi connectivity index (χ3v) is 1.76. The minimum absolute atomic E-state index is 0.278. The van der Waals surface area contributed by atoms with Crippen molar-refractivity contribution >= 4 is 5.96 Å². The SMILES string of the molecule is CCNC(=NCC(C)C)NC(C)COC. The van der Waals surface area contributed by atoms with Gasteiger partial charge in [0.15, 0.2) is 5.96 Å². The van der Waals surface area contributed by atoms with E-state index >= 15 is 0 Å². The summed E-state index contributed by atoms with van der Waals surface area (Å²) < 4.78 is 5.06. The lowest BCUT2D eigenvalue weighted by molar-refractivity contribution is 0.179. The average Bonchev–Trinajstić information content (AvgIpc) is 2.15. The summed E-state index contributed by atoms with van der Waals surface area (Å²) in [5.74, 6) is 1.45. The van der Waals surface area contributed by atoms with E-state index < -0.39 is 0 Å². The second-order valence-corrected chi connectivity index (χ2v) is 4.11. The van der Waals surface area contributed by atoms with Crippen LogP contribution in [0.5, 0.6) is 0 Å². The van der Waals surface area contributed by atoms with E-state index in [1.165, 1.54) is 0 Å². The summed E-state index contributed by atoms with van der Waals surface area (Å²) in [5, 5.41) is 6.50. The zero-order valence-corrected chi connectivity index (χ0v) is 10.6.